The van der Waals surface area contributed by atoms with Crippen molar-refractivity contribution in [1.82, 2.24) is 4.90 Å². The second-order valence-corrected chi connectivity index (χ2v) is 3.90. The van der Waals surface area contributed by atoms with Crippen LogP contribution in [0.5, 0.6) is 0 Å². The lowest BCUT2D eigenvalue weighted by Gasteiger charge is -2.20. The van der Waals surface area contributed by atoms with Gasteiger partial charge in [0.1, 0.15) is 5.82 Å². The maximum atomic E-state index is 13.3. The molecule has 0 bridgehead atoms. The van der Waals surface area contributed by atoms with Crippen LogP contribution >= 0.6 is 0 Å². The van der Waals surface area contributed by atoms with Gasteiger partial charge in [-0.1, -0.05) is 18.2 Å². The summed E-state index contributed by atoms with van der Waals surface area (Å²) in [7, 11) is 3.38. The summed E-state index contributed by atoms with van der Waals surface area (Å²) in [5.74, 6) is -0.212. The third-order valence-electron chi connectivity index (χ3n) is 2.28. The first-order chi connectivity index (χ1) is 7.63. The number of nitrogens with zero attached hydrogens (tertiary/aromatic N) is 1. The van der Waals surface area contributed by atoms with Crippen molar-refractivity contribution in [2.45, 2.75) is 12.6 Å². The number of rotatable bonds is 6. The Hall–Kier alpha value is -0.970. The van der Waals surface area contributed by atoms with E-state index in [2.05, 4.69) is 0 Å². The van der Waals surface area contributed by atoms with E-state index in [1.165, 1.54) is 6.07 Å². The molecule has 0 aliphatic heterocycles. The van der Waals surface area contributed by atoms with Crippen molar-refractivity contribution in [2.75, 3.05) is 27.3 Å². The second kappa shape index (κ2) is 6.58. The van der Waals surface area contributed by atoms with Crippen LogP contribution < -0.4 is 0 Å². The number of hydrogen-bond donors (Lipinski definition) is 1. The van der Waals surface area contributed by atoms with Gasteiger partial charge in [-0.2, -0.15) is 0 Å². The fraction of sp³-hybridized carbons (Fsp3) is 0.500. The molecule has 1 aromatic carbocycles. The highest BCUT2D eigenvalue weighted by molar-refractivity contribution is 5.16. The Balaban J connectivity index is 2.45. The van der Waals surface area contributed by atoms with Crippen LogP contribution in [-0.4, -0.2) is 43.4 Å². The van der Waals surface area contributed by atoms with Gasteiger partial charge >= 0.3 is 0 Å². The molecular weight excluding hydrogens is 209 g/mol. The van der Waals surface area contributed by atoms with E-state index in [0.717, 1.165) is 0 Å². The van der Waals surface area contributed by atoms with Gasteiger partial charge in [0.15, 0.2) is 0 Å². The summed E-state index contributed by atoms with van der Waals surface area (Å²) < 4.78 is 18.1. The molecule has 0 saturated heterocycles. The fourth-order valence-corrected chi connectivity index (χ4v) is 1.59. The number of aliphatic hydroxyl groups excluding tert-OH is 1. The SMILES string of the molecule is COCC(O)CN(C)Cc1ccccc1F. The summed E-state index contributed by atoms with van der Waals surface area (Å²) in [6, 6.07) is 6.65. The molecule has 3 nitrogen and oxygen atoms in total. The summed E-state index contributed by atoms with van der Waals surface area (Å²) >= 11 is 0. The van der Waals surface area contributed by atoms with Gasteiger partial charge in [-0.3, -0.25) is 4.90 Å². The van der Waals surface area contributed by atoms with Crippen LogP contribution in [0.1, 0.15) is 5.56 Å². The molecule has 1 unspecified atom stereocenters. The van der Waals surface area contributed by atoms with Crippen LogP contribution in [-0.2, 0) is 11.3 Å². The molecule has 1 rings (SSSR count). The van der Waals surface area contributed by atoms with Crippen LogP contribution in [0.15, 0.2) is 24.3 Å². The normalized spacial score (nSPS) is 13.1. The minimum atomic E-state index is -0.540. The van der Waals surface area contributed by atoms with Crippen molar-refractivity contribution >= 4 is 0 Å². The van der Waals surface area contributed by atoms with Crippen molar-refractivity contribution in [3.05, 3.63) is 35.6 Å². The molecular formula is C12H18FNO2. The Morgan fingerprint density at radius 1 is 1.44 bits per heavy atom. The van der Waals surface area contributed by atoms with Gasteiger partial charge in [-0.15, -0.1) is 0 Å². The summed E-state index contributed by atoms with van der Waals surface area (Å²) in [4.78, 5) is 1.86. The first kappa shape index (κ1) is 13.1. The summed E-state index contributed by atoms with van der Waals surface area (Å²) in [5, 5.41) is 9.51. The molecule has 0 fully saturated rings. The quantitative estimate of drug-likeness (QED) is 0.794. The van der Waals surface area contributed by atoms with Crippen LogP contribution in [0, 0.1) is 5.82 Å². The molecule has 0 aliphatic carbocycles. The number of aliphatic hydroxyl groups is 1. The third-order valence-corrected chi connectivity index (χ3v) is 2.28. The second-order valence-electron chi connectivity index (χ2n) is 3.90. The summed E-state index contributed by atoms with van der Waals surface area (Å²) in [6.45, 7) is 1.23. The molecule has 0 amide bonds. The molecule has 0 heterocycles. The monoisotopic (exact) mass is 227 g/mol. The highest BCUT2D eigenvalue weighted by Crippen LogP contribution is 2.08. The smallest absolute Gasteiger partial charge is 0.127 e. The molecule has 0 aliphatic rings. The van der Waals surface area contributed by atoms with Gasteiger partial charge in [-0.05, 0) is 13.1 Å². The van der Waals surface area contributed by atoms with E-state index in [4.69, 9.17) is 4.74 Å². The number of likely N-dealkylation sites (N-methyl/N-ethyl adjacent to an activating group) is 1. The van der Waals surface area contributed by atoms with Gasteiger partial charge < -0.3 is 9.84 Å². The molecule has 1 aromatic rings. The van der Waals surface area contributed by atoms with Crippen molar-refractivity contribution in [2.24, 2.45) is 0 Å². The Morgan fingerprint density at radius 3 is 2.75 bits per heavy atom. The summed E-state index contributed by atoms with van der Waals surface area (Å²) in [6.07, 6.45) is -0.540. The van der Waals surface area contributed by atoms with Crippen LogP contribution in [0.25, 0.3) is 0 Å². The third kappa shape index (κ3) is 4.26. The van der Waals surface area contributed by atoms with Crippen LogP contribution in [0.3, 0.4) is 0 Å². The molecule has 0 saturated carbocycles. The maximum absolute atomic E-state index is 13.3. The van der Waals surface area contributed by atoms with E-state index in [9.17, 15) is 9.50 Å². The number of methoxy groups -OCH3 is 1. The lowest BCUT2D eigenvalue weighted by molar-refractivity contribution is 0.0417. The molecule has 4 heteroatoms. The lowest BCUT2D eigenvalue weighted by atomic mass is 10.2. The topological polar surface area (TPSA) is 32.7 Å². The first-order valence-electron chi connectivity index (χ1n) is 5.22. The van der Waals surface area contributed by atoms with Gasteiger partial charge in [0.05, 0.1) is 12.7 Å². The molecule has 0 radical (unpaired) electrons. The van der Waals surface area contributed by atoms with Crippen molar-refractivity contribution < 1.29 is 14.2 Å². The highest BCUT2D eigenvalue weighted by Gasteiger charge is 2.09. The predicted octanol–water partition coefficient (Wildman–Crippen LogP) is 1.26. The van der Waals surface area contributed by atoms with Gasteiger partial charge in [-0.25, -0.2) is 4.39 Å². The Morgan fingerprint density at radius 2 is 2.12 bits per heavy atom. The van der Waals surface area contributed by atoms with E-state index in [-0.39, 0.29) is 5.82 Å². The van der Waals surface area contributed by atoms with E-state index in [0.29, 0.717) is 25.3 Å². The number of halogens is 1. The lowest BCUT2D eigenvalue weighted by Crippen LogP contribution is -2.31. The van der Waals surface area contributed by atoms with Crippen molar-refractivity contribution in [3.8, 4) is 0 Å². The van der Waals surface area contributed by atoms with Crippen molar-refractivity contribution in [1.29, 1.82) is 0 Å². The molecule has 90 valence electrons. The Labute approximate surface area is 95.5 Å². The number of ether oxygens (including phenoxy) is 1. The minimum absolute atomic E-state index is 0.212. The average Bonchev–Trinajstić information content (AvgIpc) is 2.21. The molecule has 1 N–H and O–H groups in total. The van der Waals surface area contributed by atoms with Gasteiger partial charge in [0.2, 0.25) is 0 Å². The summed E-state index contributed by atoms with van der Waals surface area (Å²) in [5.41, 5.74) is 0.634. The first-order valence-corrected chi connectivity index (χ1v) is 5.22. The number of benzene rings is 1. The molecule has 0 aromatic heterocycles. The molecule has 16 heavy (non-hydrogen) atoms. The zero-order valence-corrected chi connectivity index (χ0v) is 9.69. The van der Waals surface area contributed by atoms with Crippen molar-refractivity contribution in [3.63, 3.8) is 0 Å². The van der Waals surface area contributed by atoms with E-state index < -0.39 is 6.10 Å². The zero-order valence-electron chi connectivity index (χ0n) is 9.69. The number of hydrogen-bond acceptors (Lipinski definition) is 3. The van der Waals surface area contributed by atoms with E-state index >= 15 is 0 Å². The molecule has 0 spiro atoms. The maximum Gasteiger partial charge on any atom is 0.127 e. The Bertz CT molecular complexity index is 320. The Kier molecular flexibility index (Phi) is 5.38. The minimum Gasteiger partial charge on any atom is -0.389 e. The van der Waals surface area contributed by atoms with Crippen LogP contribution in [0.2, 0.25) is 0 Å². The largest absolute Gasteiger partial charge is 0.389 e. The van der Waals surface area contributed by atoms with E-state index in [1.807, 2.05) is 11.9 Å². The average molecular weight is 227 g/mol. The standard InChI is InChI=1S/C12H18FNO2/c1-14(8-11(15)9-16-2)7-10-5-3-4-6-12(10)13/h3-6,11,15H,7-9H2,1-2H3. The predicted molar refractivity (Wildman–Crippen MR) is 60.6 cm³/mol. The van der Waals surface area contributed by atoms with E-state index in [1.54, 1.807) is 25.3 Å². The van der Waals surface area contributed by atoms with Gasteiger partial charge in [0, 0.05) is 25.8 Å². The molecule has 1 atom stereocenters. The van der Waals surface area contributed by atoms with Gasteiger partial charge in [0.25, 0.3) is 0 Å². The highest BCUT2D eigenvalue weighted by atomic mass is 19.1. The fourth-order valence-electron chi connectivity index (χ4n) is 1.59. The van der Waals surface area contributed by atoms with Crippen LogP contribution in [0.4, 0.5) is 4.39 Å². The zero-order chi connectivity index (χ0) is 12.0.